The van der Waals surface area contributed by atoms with Gasteiger partial charge in [0.05, 0.1) is 5.56 Å². The average Bonchev–Trinajstić information content (AvgIpc) is 2.72. The second-order valence-electron chi connectivity index (χ2n) is 6.15. The molecule has 5 heteroatoms. The summed E-state index contributed by atoms with van der Waals surface area (Å²) in [5.41, 5.74) is 1.12. The number of carbonyl (C=O) groups is 2. The number of carbonyl (C=O) groups excluding carboxylic acids is 1. The van der Waals surface area contributed by atoms with Crippen molar-refractivity contribution in [2.24, 2.45) is 5.41 Å². The fraction of sp³-hybridized carbons (Fsp3) is 0.571. The second kappa shape index (κ2) is 4.96. The van der Waals surface area contributed by atoms with E-state index in [0.29, 0.717) is 17.0 Å². The number of amides is 1. The van der Waals surface area contributed by atoms with Crippen LogP contribution < -0.4 is 5.32 Å². The van der Waals surface area contributed by atoms with Gasteiger partial charge in [-0.25, -0.2) is 4.79 Å². The third-order valence-corrected chi connectivity index (χ3v) is 4.29. The van der Waals surface area contributed by atoms with E-state index < -0.39 is 5.97 Å². The number of rotatable bonds is 3. The van der Waals surface area contributed by atoms with Gasteiger partial charge in [-0.1, -0.05) is 20.8 Å². The summed E-state index contributed by atoms with van der Waals surface area (Å²) in [7, 11) is 0. The molecule has 0 fully saturated rings. The molecule has 0 unspecified atom stereocenters. The smallest absolute Gasteiger partial charge is 0.339 e. The first-order valence-electron chi connectivity index (χ1n) is 6.45. The molecule has 2 N–H and O–H groups in total. The molecule has 0 saturated heterocycles. The molecule has 4 nitrogen and oxygen atoms in total. The highest BCUT2D eigenvalue weighted by molar-refractivity contribution is 7.17. The van der Waals surface area contributed by atoms with Crippen molar-refractivity contribution in [3.05, 3.63) is 16.0 Å². The summed E-state index contributed by atoms with van der Waals surface area (Å²) >= 11 is 1.42. The Kier molecular flexibility index (Phi) is 3.67. The maximum Gasteiger partial charge on any atom is 0.339 e. The maximum absolute atomic E-state index is 11.9. The highest BCUT2D eigenvalue weighted by atomic mass is 32.1. The van der Waals surface area contributed by atoms with E-state index in [4.69, 9.17) is 0 Å². The molecular weight excluding hydrogens is 262 g/mol. The van der Waals surface area contributed by atoms with Crippen LogP contribution in [-0.2, 0) is 17.6 Å². The highest BCUT2D eigenvalue weighted by Gasteiger charge is 2.27. The van der Waals surface area contributed by atoms with E-state index >= 15 is 0 Å². The third-order valence-electron chi connectivity index (χ3n) is 3.08. The van der Waals surface area contributed by atoms with Crippen LogP contribution in [0, 0.1) is 5.41 Å². The predicted molar refractivity (Wildman–Crippen MR) is 76.0 cm³/mol. The minimum absolute atomic E-state index is 0.104. The summed E-state index contributed by atoms with van der Waals surface area (Å²) in [6.45, 7) is 5.96. The van der Waals surface area contributed by atoms with Crippen molar-refractivity contribution in [3.8, 4) is 0 Å². The number of thiophene rings is 1. The van der Waals surface area contributed by atoms with E-state index in [0.717, 1.165) is 29.7 Å². The molecule has 1 aromatic heterocycles. The fourth-order valence-corrected chi connectivity index (χ4v) is 3.67. The Balaban J connectivity index is 2.22. The van der Waals surface area contributed by atoms with Crippen molar-refractivity contribution in [2.75, 3.05) is 5.32 Å². The van der Waals surface area contributed by atoms with Crippen LogP contribution in [-0.4, -0.2) is 17.0 Å². The third kappa shape index (κ3) is 3.15. The van der Waals surface area contributed by atoms with Crippen molar-refractivity contribution < 1.29 is 14.7 Å². The molecule has 0 spiro atoms. The first-order chi connectivity index (χ1) is 8.78. The number of hydrogen-bond acceptors (Lipinski definition) is 3. The minimum atomic E-state index is -0.939. The molecule has 0 atom stereocenters. The van der Waals surface area contributed by atoms with Gasteiger partial charge in [0.15, 0.2) is 0 Å². The Morgan fingerprint density at radius 3 is 2.58 bits per heavy atom. The minimum Gasteiger partial charge on any atom is -0.478 e. The van der Waals surface area contributed by atoms with E-state index in [9.17, 15) is 14.7 Å². The van der Waals surface area contributed by atoms with Gasteiger partial charge in [0.25, 0.3) is 0 Å². The lowest BCUT2D eigenvalue weighted by atomic mass is 9.92. The SMILES string of the molecule is CC(C)(C)CC(=O)Nc1sc2c(c1C(=O)O)CCC2. The number of nitrogens with one attached hydrogen (secondary N) is 1. The molecule has 0 aliphatic heterocycles. The summed E-state index contributed by atoms with van der Waals surface area (Å²) in [5, 5.41) is 12.6. The van der Waals surface area contributed by atoms with E-state index in [2.05, 4.69) is 5.32 Å². The average molecular weight is 281 g/mol. The molecule has 104 valence electrons. The molecule has 2 rings (SSSR count). The van der Waals surface area contributed by atoms with Crippen molar-refractivity contribution in [1.29, 1.82) is 0 Å². The van der Waals surface area contributed by atoms with Gasteiger partial charge in [-0.2, -0.15) is 0 Å². The summed E-state index contributed by atoms with van der Waals surface area (Å²) in [4.78, 5) is 24.4. The summed E-state index contributed by atoms with van der Waals surface area (Å²) in [6, 6.07) is 0. The van der Waals surface area contributed by atoms with Gasteiger partial charge in [0.2, 0.25) is 5.91 Å². The molecular formula is C14H19NO3S. The molecule has 1 aromatic rings. The zero-order chi connectivity index (χ0) is 14.2. The predicted octanol–water partition coefficient (Wildman–Crippen LogP) is 3.31. The molecule has 0 bridgehead atoms. The van der Waals surface area contributed by atoms with E-state index in [-0.39, 0.29) is 11.3 Å². The zero-order valence-corrected chi connectivity index (χ0v) is 12.3. The first kappa shape index (κ1) is 14.1. The molecule has 1 aliphatic rings. The van der Waals surface area contributed by atoms with Crippen molar-refractivity contribution in [2.45, 2.75) is 46.5 Å². The van der Waals surface area contributed by atoms with Crippen LogP contribution in [0.1, 0.15) is 54.4 Å². The lowest BCUT2D eigenvalue weighted by Gasteiger charge is -2.17. The van der Waals surface area contributed by atoms with Crippen molar-refractivity contribution in [1.82, 2.24) is 0 Å². The van der Waals surface area contributed by atoms with Crippen LogP contribution >= 0.6 is 11.3 Å². The maximum atomic E-state index is 11.9. The van der Waals surface area contributed by atoms with E-state index in [1.165, 1.54) is 11.3 Å². The Morgan fingerprint density at radius 2 is 2.00 bits per heavy atom. The van der Waals surface area contributed by atoms with Crippen LogP contribution in [0.15, 0.2) is 0 Å². The van der Waals surface area contributed by atoms with Gasteiger partial charge in [0, 0.05) is 11.3 Å². The fourth-order valence-electron chi connectivity index (χ4n) is 2.37. The van der Waals surface area contributed by atoms with Crippen LogP contribution in [0.25, 0.3) is 0 Å². The summed E-state index contributed by atoms with van der Waals surface area (Å²) in [5.74, 6) is -1.06. The Hall–Kier alpha value is -1.36. The lowest BCUT2D eigenvalue weighted by molar-refractivity contribution is -0.117. The second-order valence-corrected chi connectivity index (χ2v) is 7.26. The molecule has 0 saturated carbocycles. The van der Waals surface area contributed by atoms with Gasteiger partial charge >= 0.3 is 5.97 Å². The number of aromatic carboxylic acids is 1. The highest BCUT2D eigenvalue weighted by Crippen LogP contribution is 2.39. The largest absolute Gasteiger partial charge is 0.478 e. The van der Waals surface area contributed by atoms with Gasteiger partial charge in [-0.15, -0.1) is 11.3 Å². The number of carboxylic acid groups (broad SMARTS) is 1. The Morgan fingerprint density at radius 1 is 1.32 bits per heavy atom. The summed E-state index contributed by atoms with van der Waals surface area (Å²) in [6.07, 6.45) is 3.13. The van der Waals surface area contributed by atoms with Gasteiger partial charge in [-0.05, 0) is 30.2 Å². The molecule has 1 amide bonds. The number of carboxylic acids is 1. The normalized spacial score (nSPS) is 14.3. The van der Waals surface area contributed by atoms with Crippen molar-refractivity contribution >= 4 is 28.2 Å². The van der Waals surface area contributed by atoms with Gasteiger partial charge in [-0.3, -0.25) is 4.79 Å². The summed E-state index contributed by atoms with van der Waals surface area (Å²) < 4.78 is 0. The van der Waals surface area contributed by atoms with Crippen LogP contribution in [0.4, 0.5) is 5.00 Å². The standard InChI is InChI=1S/C14H19NO3S/c1-14(2,3)7-10(16)15-12-11(13(17)18)8-5-4-6-9(8)19-12/h4-7H2,1-3H3,(H,15,16)(H,17,18). The van der Waals surface area contributed by atoms with Gasteiger partial charge in [0.1, 0.15) is 5.00 Å². The molecule has 1 heterocycles. The lowest BCUT2D eigenvalue weighted by Crippen LogP contribution is -2.20. The van der Waals surface area contributed by atoms with E-state index in [1.54, 1.807) is 0 Å². The van der Waals surface area contributed by atoms with Crippen LogP contribution in [0.3, 0.4) is 0 Å². The van der Waals surface area contributed by atoms with Crippen LogP contribution in [0.2, 0.25) is 0 Å². The van der Waals surface area contributed by atoms with Gasteiger partial charge < -0.3 is 10.4 Å². The Bertz CT molecular complexity index is 526. The van der Waals surface area contributed by atoms with Crippen molar-refractivity contribution in [3.63, 3.8) is 0 Å². The first-order valence-corrected chi connectivity index (χ1v) is 7.27. The topological polar surface area (TPSA) is 66.4 Å². The molecule has 19 heavy (non-hydrogen) atoms. The number of hydrogen-bond donors (Lipinski definition) is 2. The molecule has 1 aliphatic carbocycles. The molecule has 0 radical (unpaired) electrons. The molecule has 0 aromatic carbocycles. The quantitative estimate of drug-likeness (QED) is 0.893. The monoisotopic (exact) mass is 281 g/mol. The number of aryl methyl sites for hydroxylation is 1. The Labute approximate surface area is 116 Å². The number of anilines is 1. The number of fused-ring (bicyclic) bond motifs is 1. The van der Waals surface area contributed by atoms with E-state index in [1.807, 2.05) is 20.8 Å². The zero-order valence-electron chi connectivity index (χ0n) is 11.5. The van der Waals surface area contributed by atoms with Crippen LogP contribution in [0.5, 0.6) is 0 Å².